The zero-order valence-electron chi connectivity index (χ0n) is 12.9. The van der Waals surface area contributed by atoms with E-state index < -0.39 is 0 Å². The number of Topliss-reactive ketones (excluding diaryl/α,β-unsaturated/α-hetero) is 1. The van der Waals surface area contributed by atoms with Crippen LogP contribution in [0.1, 0.15) is 12.5 Å². The SMILES string of the molecule is COc1cc(NC=C(C(C)=O)c2ccccc2)cc(OC)c1. The minimum absolute atomic E-state index is 0.00596. The van der Waals surface area contributed by atoms with Gasteiger partial charge in [0.15, 0.2) is 5.78 Å². The molecule has 0 aromatic heterocycles. The largest absolute Gasteiger partial charge is 0.497 e. The first-order valence-corrected chi connectivity index (χ1v) is 6.90. The van der Waals surface area contributed by atoms with Crippen LogP contribution in [0.5, 0.6) is 11.5 Å². The van der Waals surface area contributed by atoms with Crippen LogP contribution in [0.25, 0.3) is 5.57 Å². The molecule has 0 atom stereocenters. The van der Waals surface area contributed by atoms with Crippen molar-refractivity contribution in [1.29, 1.82) is 0 Å². The Bertz CT molecular complexity index is 656. The highest BCUT2D eigenvalue weighted by molar-refractivity contribution is 6.19. The number of allylic oxidation sites excluding steroid dienone is 1. The van der Waals surface area contributed by atoms with Crippen molar-refractivity contribution < 1.29 is 14.3 Å². The summed E-state index contributed by atoms with van der Waals surface area (Å²) < 4.78 is 10.5. The summed E-state index contributed by atoms with van der Waals surface area (Å²) in [4.78, 5) is 11.9. The molecule has 0 fully saturated rings. The third-order valence-corrected chi connectivity index (χ3v) is 3.20. The van der Waals surface area contributed by atoms with Crippen LogP contribution in [-0.2, 0) is 4.79 Å². The lowest BCUT2D eigenvalue weighted by Crippen LogP contribution is -2.00. The lowest BCUT2D eigenvalue weighted by molar-refractivity contribution is -0.111. The standard InChI is InChI=1S/C18H19NO3/c1-13(20)18(14-7-5-4-6-8-14)12-19-15-9-16(21-2)11-17(10-15)22-3/h4-12,19H,1-3H3. The molecule has 2 rings (SSSR count). The molecule has 0 spiro atoms. The molecule has 0 aliphatic rings. The van der Waals surface area contributed by atoms with Crippen molar-refractivity contribution in [2.75, 3.05) is 19.5 Å². The molecular formula is C18H19NO3. The molecule has 0 aliphatic carbocycles. The molecule has 2 aromatic carbocycles. The highest BCUT2D eigenvalue weighted by atomic mass is 16.5. The summed E-state index contributed by atoms with van der Waals surface area (Å²) in [5.41, 5.74) is 2.27. The van der Waals surface area contributed by atoms with Crippen molar-refractivity contribution in [3.63, 3.8) is 0 Å². The molecule has 0 unspecified atom stereocenters. The lowest BCUT2D eigenvalue weighted by atomic mass is 10.0. The molecule has 0 radical (unpaired) electrons. The average molecular weight is 297 g/mol. The molecule has 1 N–H and O–H groups in total. The fourth-order valence-electron chi connectivity index (χ4n) is 2.05. The van der Waals surface area contributed by atoms with Gasteiger partial charge in [0.25, 0.3) is 0 Å². The van der Waals surface area contributed by atoms with Gasteiger partial charge in [0.1, 0.15) is 11.5 Å². The van der Waals surface area contributed by atoms with Crippen LogP contribution in [-0.4, -0.2) is 20.0 Å². The molecule has 114 valence electrons. The lowest BCUT2D eigenvalue weighted by Gasteiger charge is -2.10. The molecule has 0 amide bonds. The van der Waals surface area contributed by atoms with Crippen molar-refractivity contribution in [2.24, 2.45) is 0 Å². The number of carbonyl (C=O) groups is 1. The third-order valence-electron chi connectivity index (χ3n) is 3.20. The Kier molecular flexibility index (Phi) is 5.20. The van der Waals surface area contributed by atoms with Gasteiger partial charge in [-0.15, -0.1) is 0 Å². The predicted octanol–water partition coefficient (Wildman–Crippen LogP) is 3.75. The molecule has 0 heterocycles. The molecule has 0 saturated carbocycles. The Balaban J connectivity index is 2.30. The predicted molar refractivity (Wildman–Crippen MR) is 88.3 cm³/mol. The highest BCUT2D eigenvalue weighted by Gasteiger charge is 2.07. The van der Waals surface area contributed by atoms with Gasteiger partial charge in [-0.1, -0.05) is 30.3 Å². The number of benzene rings is 2. The number of methoxy groups -OCH3 is 2. The van der Waals surface area contributed by atoms with Gasteiger partial charge >= 0.3 is 0 Å². The summed E-state index contributed by atoms with van der Waals surface area (Å²) in [7, 11) is 3.19. The Labute approximate surface area is 130 Å². The van der Waals surface area contributed by atoms with Gasteiger partial charge in [0.2, 0.25) is 0 Å². The first kappa shape index (κ1) is 15.6. The Hall–Kier alpha value is -2.75. The number of hydrogen-bond acceptors (Lipinski definition) is 4. The zero-order valence-corrected chi connectivity index (χ0v) is 12.9. The number of rotatable bonds is 6. The Morgan fingerprint density at radius 1 is 1.00 bits per heavy atom. The molecule has 4 heteroatoms. The van der Waals surface area contributed by atoms with Gasteiger partial charge in [-0.25, -0.2) is 0 Å². The van der Waals surface area contributed by atoms with Crippen LogP contribution in [0.3, 0.4) is 0 Å². The fourth-order valence-corrected chi connectivity index (χ4v) is 2.05. The summed E-state index contributed by atoms with van der Waals surface area (Å²) in [6, 6.07) is 15.0. The number of nitrogens with one attached hydrogen (secondary N) is 1. The van der Waals surface area contributed by atoms with E-state index >= 15 is 0 Å². The number of carbonyl (C=O) groups excluding carboxylic acids is 1. The van der Waals surface area contributed by atoms with Crippen LogP contribution in [0.15, 0.2) is 54.7 Å². The van der Waals surface area contributed by atoms with Crippen LogP contribution in [0.4, 0.5) is 5.69 Å². The summed E-state index contributed by atoms with van der Waals surface area (Å²) in [5.74, 6) is 1.35. The van der Waals surface area contributed by atoms with Crippen LogP contribution in [0, 0.1) is 0 Å². The topological polar surface area (TPSA) is 47.6 Å². The van der Waals surface area contributed by atoms with Crippen LogP contribution < -0.4 is 14.8 Å². The minimum atomic E-state index is -0.00596. The van der Waals surface area contributed by atoms with Crippen molar-refractivity contribution in [3.8, 4) is 11.5 Å². The van der Waals surface area contributed by atoms with Gasteiger partial charge in [0.05, 0.1) is 14.2 Å². The minimum Gasteiger partial charge on any atom is -0.497 e. The molecule has 4 nitrogen and oxygen atoms in total. The molecule has 2 aromatic rings. The van der Waals surface area contributed by atoms with Crippen molar-refractivity contribution in [2.45, 2.75) is 6.92 Å². The normalized spacial score (nSPS) is 11.0. The van der Waals surface area contributed by atoms with Gasteiger partial charge in [0, 0.05) is 35.7 Å². The van der Waals surface area contributed by atoms with Crippen molar-refractivity contribution >= 4 is 17.0 Å². The maximum Gasteiger partial charge on any atom is 0.161 e. The number of anilines is 1. The van der Waals surface area contributed by atoms with E-state index in [1.165, 1.54) is 0 Å². The van der Waals surface area contributed by atoms with E-state index in [0.717, 1.165) is 11.3 Å². The summed E-state index contributed by atoms with van der Waals surface area (Å²) in [6.45, 7) is 1.55. The van der Waals surface area contributed by atoms with Crippen LogP contribution in [0.2, 0.25) is 0 Å². The molecule has 22 heavy (non-hydrogen) atoms. The monoisotopic (exact) mass is 297 g/mol. The van der Waals surface area contributed by atoms with E-state index in [-0.39, 0.29) is 5.78 Å². The van der Waals surface area contributed by atoms with E-state index in [1.807, 2.05) is 42.5 Å². The van der Waals surface area contributed by atoms with Gasteiger partial charge in [-0.05, 0) is 12.5 Å². The summed E-state index contributed by atoms with van der Waals surface area (Å²) >= 11 is 0. The second-order valence-corrected chi connectivity index (χ2v) is 4.73. The third kappa shape index (κ3) is 3.88. The maximum absolute atomic E-state index is 11.9. The second kappa shape index (κ2) is 7.31. The smallest absolute Gasteiger partial charge is 0.161 e. The first-order valence-electron chi connectivity index (χ1n) is 6.90. The van der Waals surface area contributed by atoms with Crippen molar-refractivity contribution in [1.82, 2.24) is 0 Å². The zero-order chi connectivity index (χ0) is 15.9. The molecular weight excluding hydrogens is 278 g/mol. The average Bonchev–Trinajstić information content (AvgIpc) is 2.55. The number of ketones is 1. The van der Waals surface area contributed by atoms with Gasteiger partial charge in [-0.2, -0.15) is 0 Å². The molecule has 0 saturated heterocycles. The Morgan fingerprint density at radius 3 is 2.09 bits per heavy atom. The van der Waals surface area contributed by atoms with Crippen molar-refractivity contribution in [3.05, 3.63) is 60.3 Å². The molecule has 0 bridgehead atoms. The van der Waals surface area contributed by atoms with E-state index in [2.05, 4.69) is 5.32 Å². The second-order valence-electron chi connectivity index (χ2n) is 4.73. The maximum atomic E-state index is 11.9. The summed E-state index contributed by atoms with van der Waals surface area (Å²) in [5, 5.41) is 3.13. The molecule has 0 aliphatic heterocycles. The highest BCUT2D eigenvalue weighted by Crippen LogP contribution is 2.26. The van der Waals surface area contributed by atoms with E-state index in [9.17, 15) is 4.79 Å². The van der Waals surface area contributed by atoms with E-state index in [1.54, 1.807) is 33.4 Å². The summed E-state index contributed by atoms with van der Waals surface area (Å²) in [6.07, 6.45) is 1.70. The quantitative estimate of drug-likeness (QED) is 0.825. The van der Waals surface area contributed by atoms with E-state index in [0.29, 0.717) is 17.1 Å². The number of hydrogen-bond donors (Lipinski definition) is 1. The Morgan fingerprint density at radius 2 is 1.59 bits per heavy atom. The fraction of sp³-hybridized carbons (Fsp3) is 0.167. The number of ether oxygens (including phenoxy) is 2. The van der Waals surface area contributed by atoms with Crippen LogP contribution >= 0.6 is 0 Å². The van der Waals surface area contributed by atoms with Gasteiger partial charge in [-0.3, -0.25) is 4.79 Å². The first-order chi connectivity index (χ1) is 10.6. The van der Waals surface area contributed by atoms with Gasteiger partial charge < -0.3 is 14.8 Å². The van der Waals surface area contributed by atoms with E-state index in [4.69, 9.17) is 9.47 Å².